The van der Waals surface area contributed by atoms with Gasteiger partial charge in [-0.25, -0.2) is 4.98 Å². The predicted octanol–water partition coefficient (Wildman–Crippen LogP) is 4.19. The quantitative estimate of drug-likeness (QED) is 0.661. The molecule has 3 nitrogen and oxygen atoms in total. The van der Waals surface area contributed by atoms with E-state index in [1.165, 1.54) is 0 Å². The molecule has 0 aliphatic carbocycles. The van der Waals surface area contributed by atoms with Crippen molar-refractivity contribution in [3.8, 4) is 11.4 Å². The van der Waals surface area contributed by atoms with E-state index >= 15 is 0 Å². The summed E-state index contributed by atoms with van der Waals surface area (Å²) in [5.41, 5.74) is 12.0. The van der Waals surface area contributed by atoms with Crippen LogP contribution in [0.25, 0.3) is 22.4 Å². The third-order valence-electron chi connectivity index (χ3n) is 3.29. The minimum Gasteiger partial charge on any atom is -0.399 e. The highest BCUT2D eigenvalue weighted by molar-refractivity contribution is 9.10. The molecule has 0 spiro atoms. The fourth-order valence-corrected chi connectivity index (χ4v) is 2.78. The average molecular weight is 316 g/mol. The third kappa shape index (κ3) is 2.12. The molecule has 0 unspecified atom stereocenters. The van der Waals surface area contributed by atoms with Gasteiger partial charge in [-0.15, -0.1) is 0 Å². The number of fused-ring (bicyclic) bond motifs is 1. The van der Waals surface area contributed by atoms with Gasteiger partial charge in [-0.2, -0.15) is 0 Å². The van der Waals surface area contributed by atoms with E-state index < -0.39 is 0 Å². The van der Waals surface area contributed by atoms with Crippen LogP contribution in [-0.4, -0.2) is 9.97 Å². The van der Waals surface area contributed by atoms with Crippen molar-refractivity contribution in [3.05, 3.63) is 45.9 Å². The molecule has 96 valence electrons. The number of nitrogen functional groups attached to an aromatic ring is 1. The molecule has 0 saturated heterocycles. The number of hydrogen-bond donors (Lipinski definition) is 2. The van der Waals surface area contributed by atoms with Crippen molar-refractivity contribution in [2.24, 2.45) is 0 Å². The molecule has 19 heavy (non-hydrogen) atoms. The Bertz CT molecular complexity index is 774. The fraction of sp³-hybridized carbons (Fsp3) is 0.133. The maximum atomic E-state index is 5.85. The van der Waals surface area contributed by atoms with Crippen molar-refractivity contribution in [2.45, 2.75) is 13.8 Å². The summed E-state index contributed by atoms with van der Waals surface area (Å²) in [7, 11) is 0. The number of halogens is 1. The lowest BCUT2D eigenvalue weighted by Gasteiger charge is -2.01. The summed E-state index contributed by atoms with van der Waals surface area (Å²) in [6.45, 7) is 4.06. The highest BCUT2D eigenvalue weighted by Gasteiger charge is 2.09. The molecular formula is C15H14BrN3. The Morgan fingerprint density at radius 2 is 1.89 bits per heavy atom. The van der Waals surface area contributed by atoms with E-state index in [4.69, 9.17) is 5.73 Å². The average Bonchev–Trinajstić information content (AvgIpc) is 2.76. The molecule has 2 aromatic carbocycles. The monoisotopic (exact) mass is 315 g/mol. The summed E-state index contributed by atoms with van der Waals surface area (Å²) in [5, 5.41) is 0. The van der Waals surface area contributed by atoms with E-state index in [-0.39, 0.29) is 0 Å². The molecule has 0 amide bonds. The molecule has 4 heteroatoms. The Labute approximate surface area is 120 Å². The molecular weight excluding hydrogens is 302 g/mol. The van der Waals surface area contributed by atoms with Gasteiger partial charge in [0.1, 0.15) is 5.82 Å². The van der Waals surface area contributed by atoms with Crippen molar-refractivity contribution < 1.29 is 0 Å². The molecule has 0 bridgehead atoms. The number of anilines is 1. The Balaban J connectivity index is 2.20. The molecule has 0 saturated carbocycles. The molecule has 3 rings (SSSR count). The highest BCUT2D eigenvalue weighted by atomic mass is 79.9. The Morgan fingerprint density at radius 1 is 1.11 bits per heavy atom. The van der Waals surface area contributed by atoms with Crippen LogP contribution in [0.5, 0.6) is 0 Å². The minimum absolute atomic E-state index is 0.804. The highest BCUT2D eigenvalue weighted by Crippen LogP contribution is 2.27. The maximum Gasteiger partial charge on any atom is 0.138 e. The summed E-state index contributed by atoms with van der Waals surface area (Å²) < 4.78 is 1.06. The van der Waals surface area contributed by atoms with Crippen molar-refractivity contribution in [2.75, 3.05) is 5.73 Å². The normalized spacial score (nSPS) is 11.1. The van der Waals surface area contributed by atoms with Gasteiger partial charge < -0.3 is 10.7 Å². The first kappa shape index (κ1) is 12.2. The van der Waals surface area contributed by atoms with Gasteiger partial charge in [0.05, 0.1) is 11.0 Å². The Morgan fingerprint density at radius 3 is 2.63 bits per heavy atom. The van der Waals surface area contributed by atoms with Crippen molar-refractivity contribution >= 4 is 32.7 Å². The fourth-order valence-electron chi connectivity index (χ4n) is 2.21. The van der Waals surface area contributed by atoms with Crippen molar-refractivity contribution in [3.63, 3.8) is 0 Å². The van der Waals surface area contributed by atoms with E-state index in [0.29, 0.717) is 0 Å². The number of aromatic nitrogens is 2. The van der Waals surface area contributed by atoms with Crippen molar-refractivity contribution in [1.82, 2.24) is 9.97 Å². The smallest absolute Gasteiger partial charge is 0.138 e. The number of aryl methyl sites for hydroxylation is 2. The number of aromatic amines is 1. The second-order valence-electron chi connectivity index (χ2n) is 4.78. The van der Waals surface area contributed by atoms with Crippen LogP contribution in [0.1, 0.15) is 11.1 Å². The number of benzene rings is 2. The Hall–Kier alpha value is -1.81. The SMILES string of the molecule is Cc1cc(-c2nc3c(C)cc(Br)cc3[nH]2)ccc1N. The largest absolute Gasteiger partial charge is 0.399 e. The number of hydrogen-bond acceptors (Lipinski definition) is 2. The van der Waals surface area contributed by atoms with E-state index in [9.17, 15) is 0 Å². The number of nitrogens with one attached hydrogen (secondary N) is 1. The summed E-state index contributed by atoms with van der Waals surface area (Å²) in [6, 6.07) is 10.1. The molecule has 0 aliphatic rings. The first-order chi connectivity index (χ1) is 9.04. The van der Waals surface area contributed by atoms with E-state index in [1.54, 1.807) is 0 Å². The zero-order valence-corrected chi connectivity index (χ0v) is 12.4. The maximum absolute atomic E-state index is 5.85. The molecule has 0 aliphatic heterocycles. The Kier molecular flexibility index (Phi) is 2.82. The lowest BCUT2D eigenvalue weighted by Crippen LogP contribution is -1.90. The van der Waals surface area contributed by atoms with Crippen LogP contribution in [0.3, 0.4) is 0 Å². The number of H-pyrrole nitrogens is 1. The van der Waals surface area contributed by atoms with Gasteiger partial charge in [0.15, 0.2) is 0 Å². The van der Waals surface area contributed by atoms with Crippen LogP contribution >= 0.6 is 15.9 Å². The molecule has 1 aromatic heterocycles. The zero-order valence-electron chi connectivity index (χ0n) is 10.8. The lowest BCUT2D eigenvalue weighted by atomic mass is 10.1. The van der Waals surface area contributed by atoms with Crippen LogP contribution in [0.15, 0.2) is 34.8 Å². The third-order valence-corrected chi connectivity index (χ3v) is 3.74. The van der Waals surface area contributed by atoms with Crippen molar-refractivity contribution in [1.29, 1.82) is 0 Å². The van der Waals surface area contributed by atoms with Gasteiger partial charge in [0.2, 0.25) is 0 Å². The summed E-state index contributed by atoms with van der Waals surface area (Å²) in [4.78, 5) is 8.04. The van der Waals surface area contributed by atoms with E-state index in [2.05, 4.69) is 45.0 Å². The van der Waals surface area contributed by atoms with Gasteiger partial charge >= 0.3 is 0 Å². The number of imidazole rings is 1. The number of rotatable bonds is 1. The summed E-state index contributed by atoms with van der Waals surface area (Å²) >= 11 is 3.51. The van der Waals surface area contributed by atoms with Crippen LogP contribution in [0.4, 0.5) is 5.69 Å². The standard InChI is InChI=1S/C15H14BrN3/c1-8-5-10(3-4-12(8)17)15-18-13-7-11(16)6-9(2)14(13)19-15/h3-7H,17H2,1-2H3,(H,18,19). The zero-order chi connectivity index (χ0) is 13.6. The van der Waals surface area contributed by atoms with Gasteiger partial charge in [0, 0.05) is 15.7 Å². The minimum atomic E-state index is 0.804. The van der Waals surface area contributed by atoms with E-state index in [0.717, 1.165) is 43.7 Å². The van der Waals surface area contributed by atoms with Gasteiger partial charge in [0.25, 0.3) is 0 Å². The molecule has 3 N–H and O–H groups in total. The first-order valence-electron chi connectivity index (χ1n) is 6.07. The summed E-state index contributed by atoms with van der Waals surface area (Å²) in [5.74, 6) is 0.874. The first-order valence-corrected chi connectivity index (χ1v) is 6.86. The van der Waals surface area contributed by atoms with Crippen LogP contribution < -0.4 is 5.73 Å². The molecule has 1 heterocycles. The van der Waals surface area contributed by atoms with Crippen LogP contribution in [0.2, 0.25) is 0 Å². The predicted molar refractivity (Wildman–Crippen MR) is 83.1 cm³/mol. The second-order valence-corrected chi connectivity index (χ2v) is 5.69. The van der Waals surface area contributed by atoms with Gasteiger partial charge in [-0.1, -0.05) is 15.9 Å². The summed E-state index contributed by atoms with van der Waals surface area (Å²) in [6.07, 6.45) is 0. The molecule has 0 fully saturated rings. The number of nitrogens with two attached hydrogens (primary N) is 1. The van der Waals surface area contributed by atoms with Crippen LogP contribution in [-0.2, 0) is 0 Å². The van der Waals surface area contributed by atoms with Gasteiger partial charge in [-0.05, 0) is 55.3 Å². The van der Waals surface area contributed by atoms with E-state index in [1.807, 2.05) is 25.1 Å². The molecule has 3 aromatic rings. The lowest BCUT2D eigenvalue weighted by molar-refractivity contribution is 1.32. The topological polar surface area (TPSA) is 54.7 Å². The van der Waals surface area contributed by atoms with Gasteiger partial charge in [-0.3, -0.25) is 0 Å². The molecule has 0 radical (unpaired) electrons. The number of nitrogens with zero attached hydrogens (tertiary/aromatic N) is 1. The molecule has 0 atom stereocenters. The second kappa shape index (κ2) is 4.38. The van der Waals surface area contributed by atoms with Crippen LogP contribution in [0, 0.1) is 13.8 Å².